The molecule has 0 atom stereocenters. The van der Waals surface area contributed by atoms with Crippen molar-refractivity contribution in [2.24, 2.45) is 7.05 Å². The quantitative estimate of drug-likeness (QED) is 0.642. The molecule has 1 heterocycles. The van der Waals surface area contributed by atoms with Crippen molar-refractivity contribution in [2.75, 3.05) is 17.7 Å². The number of aryl methyl sites for hydroxylation is 1. The van der Waals surface area contributed by atoms with Gasteiger partial charge in [0.2, 0.25) is 5.91 Å². The van der Waals surface area contributed by atoms with Gasteiger partial charge in [-0.15, -0.1) is 10.2 Å². The molecule has 0 unspecified atom stereocenters. The molecule has 0 saturated heterocycles. The van der Waals surface area contributed by atoms with E-state index >= 15 is 0 Å². The molecule has 0 radical (unpaired) electrons. The number of ether oxygens (including phenoxy) is 1. The van der Waals surface area contributed by atoms with Crippen LogP contribution in [0.1, 0.15) is 23.1 Å². The molecule has 8 heteroatoms. The SMILES string of the molecule is CCOC(=O)c1cccc(NC(=O)CSc2nnc(C)n2C)c1. The first-order chi connectivity index (χ1) is 11.0. The van der Waals surface area contributed by atoms with E-state index in [-0.39, 0.29) is 11.7 Å². The van der Waals surface area contributed by atoms with Crippen molar-refractivity contribution in [3.05, 3.63) is 35.7 Å². The van der Waals surface area contributed by atoms with Crippen LogP contribution in [0.5, 0.6) is 0 Å². The van der Waals surface area contributed by atoms with Gasteiger partial charge in [-0.3, -0.25) is 4.79 Å². The van der Waals surface area contributed by atoms with Crippen LogP contribution >= 0.6 is 11.8 Å². The Morgan fingerprint density at radius 3 is 2.78 bits per heavy atom. The number of esters is 1. The summed E-state index contributed by atoms with van der Waals surface area (Å²) in [4.78, 5) is 23.7. The Morgan fingerprint density at radius 2 is 2.13 bits per heavy atom. The van der Waals surface area contributed by atoms with E-state index in [1.54, 1.807) is 31.2 Å². The zero-order chi connectivity index (χ0) is 16.8. The highest BCUT2D eigenvalue weighted by Crippen LogP contribution is 2.17. The van der Waals surface area contributed by atoms with Crippen LogP contribution in [0.15, 0.2) is 29.4 Å². The summed E-state index contributed by atoms with van der Waals surface area (Å²) in [6.45, 7) is 3.90. The first kappa shape index (κ1) is 17.0. The molecule has 1 N–H and O–H groups in total. The van der Waals surface area contributed by atoms with E-state index < -0.39 is 5.97 Å². The summed E-state index contributed by atoms with van der Waals surface area (Å²) in [6.07, 6.45) is 0. The van der Waals surface area contributed by atoms with E-state index in [1.807, 2.05) is 18.5 Å². The highest BCUT2D eigenvalue weighted by molar-refractivity contribution is 7.99. The van der Waals surface area contributed by atoms with Crippen molar-refractivity contribution in [1.82, 2.24) is 14.8 Å². The number of hydrogen-bond acceptors (Lipinski definition) is 6. The lowest BCUT2D eigenvalue weighted by molar-refractivity contribution is -0.113. The first-order valence-electron chi connectivity index (χ1n) is 7.07. The largest absolute Gasteiger partial charge is 0.462 e. The van der Waals surface area contributed by atoms with Crippen molar-refractivity contribution in [2.45, 2.75) is 19.0 Å². The third kappa shape index (κ3) is 4.56. The zero-order valence-electron chi connectivity index (χ0n) is 13.2. The number of carbonyl (C=O) groups is 2. The Hall–Kier alpha value is -2.35. The summed E-state index contributed by atoms with van der Waals surface area (Å²) in [5.41, 5.74) is 0.955. The predicted molar refractivity (Wildman–Crippen MR) is 87.5 cm³/mol. The zero-order valence-corrected chi connectivity index (χ0v) is 14.0. The molecule has 0 bridgehead atoms. The number of carbonyl (C=O) groups excluding carboxylic acids is 2. The average Bonchev–Trinajstić information content (AvgIpc) is 2.85. The molecule has 0 spiro atoms. The molecule has 0 saturated carbocycles. The van der Waals surface area contributed by atoms with Crippen molar-refractivity contribution < 1.29 is 14.3 Å². The molecular formula is C15H18N4O3S. The van der Waals surface area contributed by atoms with Crippen LogP contribution in [-0.2, 0) is 16.6 Å². The van der Waals surface area contributed by atoms with E-state index in [0.717, 1.165) is 5.82 Å². The number of aromatic nitrogens is 3. The fraction of sp³-hybridized carbons (Fsp3) is 0.333. The summed E-state index contributed by atoms with van der Waals surface area (Å²) < 4.78 is 6.75. The van der Waals surface area contributed by atoms with Crippen LogP contribution in [0.2, 0.25) is 0 Å². The Bertz CT molecular complexity index is 714. The number of amides is 1. The minimum absolute atomic E-state index is 0.184. The third-order valence-corrected chi connectivity index (χ3v) is 4.06. The smallest absolute Gasteiger partial charge is 0.338 e. The standard InChI is InChI=1S/C15H18N4O3S/c1-4-22-14(21)11-6-5-7-12(8-11)16-13(20)9-23-15-18-17-10(2)19(15)3/h5-8H,4,9H2,1-3H3,(H,16,20). The van der Waals surface area contributed by atoms with Crippen molar-refractivity contribution >= 4 is 29.3 Å². The molecular weight excluding hydrogens is 316 g/mol. The van der Waals surface area contributed by atoms with E-state index in [1.165, 1.54) is 11.8 Å². The minimum atomic E-state index is -0.410. The highest BCUT2D eigenvalue weighted by atomic mass is 32.2. The van der Waals surface area contributed by atoms with Crippen molar-refractivity contribution in [3.8, 4) is 0 Å². The van der Waals surface area contributed by atoms with Gasteiger partial charge in [-0.25, -0.2) is 4.79 Å². The molecule has 1 aromatic heterocycles. The van der Waals surface area contributed by atoms with Crippen LogP contribution in [0.3, 0.4) is 0 Å². The summed E-state index contributed by atoms with van der Waals surface area (Å²) in [6, 6.07) is 6.65. The molecule has 2 rings (SSSR count). The summed E-state index contributed by atoms with van der Waals surface area (Å²) in [5, 5.41) is 11.4. The molecule has 7 nitrogen and oxygen atoms in total. The monoisotopic (exact) mass is 334 g/mol. The Balaban J connectivity index is 1.93. The number of thioether (sulfide) groups is 1. The minimum Gasteiger partial charge on any atom is -0.462 e. The molecule has 0 aliphatic carbocycles. The Labute approximate surface area is 138 Å². The number of rotatable bonds is 6. The third-order valence-electron chi connectivity index (χ3n) is 3.04. The number of hydrogen-bond donors (Lipinski definition) is 1. The fourth-order valence-electron chi connectivity index (χ4n) is 1.78. The second-order valence-electron chi connectivity index (χ2n) is 4.73. The predicted octanol–water partition coefficient (Wildman–Crippen LogP) is 2.03. The maximum absolute atomic E-state index is 12.0. The maximum Gasteiger partial charge on any atom is 0.338 e. The van der Waals surface area contributed by atoms with Gasteiger partial charge in [0, 0.05) is 12.7 Å². The lowest BCUT2D eigenvalue weighted by atomic mass is 10.2. The lowest BCUT2D eigenvalue weighted by Crippen LogP contribution is -2.15. The molecule has 1 aromatic carbocycles. The van der Waals surface area contributed by atoms with Crippen LogP contribution < -0.4 is 5.32 Å². The van der Waals surface area contributed by atoms with E-state index in [2.05, 4.69) is 15.5 Å². The molecule has 1 amide bonds. The number of nitrogens with zero attached hydrogens (tertiary/aromatic N) is 3. The molecule has 0 aliphatic rings. The van der Waals surface area contributed by atoms with Gasteiger partial charge in [0.1, 0.15) is 5.82 Å². The molecule has 0 fully saturated rings. The van der Waals surface area contributed by atoms with Gasteiger partial charge in [-0.05, 0) is 32.0 Å². The molecule has 23 heavy (non-hydrogen) atoms. The molecule has 122 valence electrons. The van der Waals surface area contributed by atoms with E-state index in [9.17, 15) is 9.59 Å². The highest BCUT2D eigenvalue weighted by Gasteiger charge is 2.11. The Morgan fingerprint density at radius 1 is 1.35 bits per heavy atom. The number of benzene rings is 1. The maximum atomic E-state index is 12.0. The molecule has 0 aliphatic heterocycles. The summed E-state index contributed by atoms with van der Waals surface area (Å²) in [5.74, 6) is 0.398. The van der Waals surface area contributed by atoms with Crippen LogP contribution in [0.4, 0.5) is 5.69 Å². The molecule has 2 aromatic rings. The van der Waals surface area contributed by atoms with E-state index in [0.29, 0.717) is 23.0 Å². The summed E-state index contributed by atoms with van der Waals surface area (Å²) in [7, 11) is 1.85. The lowest BCUT2D eigenvalue weighted by Gasteiger charge is -2.07. The van der Waals surface area contributed by atoms with Gasteiger partial charge in [0.15, 0.2) is 5.16 Å². The van der Waals surface area contributed by atoms with Gasteiger partial charge in [0.25, 0.3) is 0 Å². The van der Waals surface area contributed by atoms with Gasteiger partial charge in [0.05, 0.1) is 17.9 Å². The van der Waals surface area contributed by atoms with Gasteiger partial charge in [-0.2, -0.15) is 0 Å². The van der Waals surface area contributed by atoms with Crippen molar-refractivity contribution in [1.29, 1.82) is 0 Å². The van der Waals surface area contributed by atoms with Crippen molar-refractivity contribution in [3.63, 3.8) is 0 Å². The Kier molecular flexibility index (Phi) is 5.75. The van der Waals surface area contributed by atoms with Crippen LogP contribution in [-0.4, -0.2) is 39.0 Å². The van der Waals surface area contributed by atoms with Crippen LogP contribution in [0, 0.1) is 6.92 Å². The number of nitrogens with one attached hydrogen (secondary N) is 1. The second-order valence-corrected chi connectivity index (χ2v) is 5.67. The van der Waals surface area contributed by atoms with E-state index in [4.69, 9.17) is 4.74 Å². The van der Waals surface area contributed by atoms with Gasteiger partial charge >= 0.3 is 5.97 Å². The van der Waals surface area contributed by atoms with Gasteiger partial charge in [-0.1, -0.05) is 17.8 Å². The van der Waals surface area contributed by atoms with Crippen LogP contribution in [0.25, 0.3) is 0 Å². The summed E-state index contributed by atoms with van der Waals surface area (Å²) >= 11 is 1.30. The topological polar surface area (TPSA) is 86.1 Å². The van der Waals surface area contributed by atoms with Gasteiger partial charge < -0.3 is 14.6 Å². The fourth-order valence-corrected chi connectivity index (χ4v) is 2.54. The second kappa shape index (κ2) is 7.77. The number of anilines is 1. The normalized spacial score (nSPS) is 10.4. The first-order valence-corrected chi connectivity index (χ1v) is 8.05. The average molecular weight is 334 g/mol.